The molecule has 0 fully saturated rings. The molecule has 0 amide bonds. The molecular formula is C34H28N2. The van der Waals surface area contributed by atoms with Crippen LogP contribution in [0.2, 0.25) is 0 Å². The van der Waals surface area contributed by atoms with Crippen molar-refractivity contribution in [3.8, 4) is 28.3 Å². The Bertz CT molecular complexity index is 1330. The van der Waals surface area contributed by atoms with Gasteiger partial charge in [0.25, 0.3) is 0 Å². The van der Waals surface area contributed by atoms with Crippen LogP contribution in [-0.4, -0.2) is 0 Å². The van der Waals surface area contributed by atoms with E-state index in [-0.39, 0.29) is 0 Å². The Morgan fingerprint density at radius 3 is 1.31 bits per heavy atom. The lowest BCUT2D eigenvalue weighted by Gasteiger charge is -2.37. The van der Waals surface area contributed by atoms with Gasteiger partial charge in [0.2, 0.25) is 0 Å². The van der Waals surface area contributed by atoms with Gasteiger partial charge in [0, 0.05) is 12.1 Å². The van der Waals surface area contributed by atoms with Gasteiger partial charge in [-0.1, -0.05) is 127 Å². The molecule has 0 saturated carbocycles. The van der Waals surface area contributed by atoms with E-state index in [2.05, 4.69) is 121 Å². The molecule has 0 aliphatic rings. The van der Waals surface area contributed by atoms with Crippen molar-refractivity contribution in [2.45, 2.75) is 18.4 Å². The van der Waals surface area contributed by atoms with Crippen molar-refractivity contribution in [1.82, 2.24) is 0 Å². The zero-order valence-corrected chi connectivity index (χ0v) is 20.1. The monoisotopic (exact) mass is 464 g/mol. The summed E-state index contributed by atoms with van der Waals surface area (Å²) in [6, 6.07) is 51.0. The van der Waals surface area contributed by atoms with Gasteiger partial charge in [-0.15, -0.1) is 0 Å². The smallest absolute Gasteiger partial charge is 0.0889 e. The summed E-state index contributed by atoms with van der Waals surface area (Å²) in [6.45, 7) is 0. The predicted octanol–water partition coefficient (Wildman–Crippen LogP) is 8.68. The van der Waals surface area contributed by atoms with Gasteiger partial charge in [0.1, 0.15) is 0 Å². The highest BCUT2D eigenvalue weighted by atomic mass is 15.0. The third-order valence-corrected chi connectivity index (χ3v) is 6.71. The molecule has 174 valence electrons. The Kier molecular flexibility index (Phi) is 6.92. The first-order chi connectivity index (χ1) is 17.8. The molecule has 36 heavy (non-hydrogen) atoms. The van der Waals surface area contributed by atoms with Crippen LogP contribution in [0.1, 0.15) is 24.0 Å². The van der Waals surface area contributed by atoms with E-state index in [0.29, 0.717) is 12.8 Å². The lowest BCUT2D eigenvalue weighted by atomic mass is 9.78. The summed E-state index contributed by atoms with van der Waals surface area (Å²) in [6.07, 6.45) is 1.08. The molecular weight excluding hydrogens is 436 g/mol. The largest absolute Gasteiger partial charge is 0.372 e. The first-order valence-corrected chi connectivity index (χ1v) is 12.3. The van der Waals surface area contributed by atoms with Crippen LogP contribution >= 0.6 is 0 Å². The fraction of sp³-hybridized carbons (Fsp3) is 0.0882. The molecule has 0 aliphatic carbocycles. The summed E-state index contributed by atoms with van der Waals surface area (Å²) in [4.78, 5) is 0. The summed E-state index contributed by atoms with van der Waals surface area (Å²) >= 11 is 0. The topological polar surface area (TPSA) is 35.8 Å². The van der Waals surface area contributed by atoms with E-state index < -0.39 is 5.54 Å². The maximum absolute atomic E-state index is 9.60. The number of nitriles is 1. The van der Waals surface area contributed by atoms with Gasteiger partial charge in [0.15, 0.2) is 0 Å². The van der Waals surface area contributed by atoms with Crippen molar-refractivity contribution in [1.29, 1.82) is 5.26 Å². The average Bonchev–Trinajstić information content (AvgIpc) is 2.97. The van der Waals surface area contributed by atoms with E-state index >= 15 is 0 Å². The van der Waals surface area contributed by atoms with Gasteiger partial charge in [-0.25, -0.2) is 0 Å². The summed E-state index contributed by atoms with van der Waals surface area (Å²) in [5.41, 5.74) is 7.46. The Morgan fingerprint density at radius 2 is 0.889 bits per heavy atom. The third kappa shape index (κ3) is 4.92. The maximum Gasteiger partial charge on any atom is 0.0889 e. The zero-order valence-electron chi connectivity index (χ0n) is 20.1. The van der Waals surface area contributed by atoms with E-state index in [1.807, 2.05) is 30.3 Å². The number of hydrogen-bond donors (Lipinski definition) is 1. The van der Waals surface area contributed by atoms with Crippen LogP contribution in [-0.2, 0) is 5.54 Å². The number of nitrogens with one attached hydrogen (secondary N) is 1. The second kappa shape index (κ2) is 10.8. The highest BCUT2D eigenvalue weighted by Crippen LogP contribution is 2.39. The first kappa shape index (κ1) is 23.1. The van der Waals surface area contributed by atoms with Crippen molar-refractivity contribution < 1.29 is 0 Å². The summed E-state index contributed by atoms with van der Waals surface area (Å²) in [7, 11) is 0. The number of nitrogens with zero attached hydrogens (tertiary/aromatic N) is 1. The van der Waals surface area contributed by atoms with E-state index in [1.165, 1.54) is 22.3 Å². The number of rotatable bonds is 8. The highest BCUT2D eigenvalue weighted by Gasteiger charge is 2.34. The van der Waals surface area contributed by atoms with Crippen molar-refractivity contribution in [2.75, 3.05) is 5.32 Å². The fourth-order valence-electron chi connectivity index (χ4n) is 4.83. The molecule has 0 unspecified atom stereocenters. The van der Waals surface area contributed by atoms with Gasteiger partial charge in [-0.05, 0) is 51.9 Å². The molecule has 0 spiro atoms. The minimum absolute atomic E-state index is 0.431. The van der Waals surface area contributed by atoms with Gasteiger partial charge in [-0.3, -0.25) is 0 Å². The van der Waals surface area contributed by atoms with E-state index in [9.17, 15) is 5.26 Å². The normalized spacial score (nSPS) is 11.0. The number of para-hydroxylation sites is 1. The van der Waals surface area contributed by atoms with Crippen LogP contribution in [0, 0.1) is 11.3 Å². The van der Waals surface area contributed by atoms with Gasteiger partial charge < -0.3 is 5.32 Å². The minimum Gasteiger partial charge on any atom is -0.372 e. The first-order valence-electron chi connectivity index (χ1n) is 12.3. The Balaban J connectivity index is 1.61. The molecule has 0 atom stereocenters. The zero-order chi connectivity index (χ0) is 24.6. The average molecular weight is 465 g/mol. The molecule has 1 N–H and O–H groups in total. The molecule has 0 aliphatic heterocycles. The number of anilines is 1. The van der Waals surface area contributed by atoms with Crippen LogP contribution < -0.4 is 5.32 Å². The number of benzene rings is 5. The molecule has 0 aromatic heterocycles. The van der Waals surface area contributed by atoms with Crippen LogP contribution in [0.25, 0.3) is 22.3 Å². The number of hydrogen-bond acceptors (Lipinski definition) is 2. The van der Waals surface area contributed by atoms with Crippen molar-refractivity contribution in [3.05, 3.63) is 151 Å². The maximum atomic E-state index is 9.60. The molecule has 0 bridgehead atoms. The molecule has 5 rings (SSSR count). The quantitative estimate of drug-likeness (QED) is 0.249. The van der Waals surface area contributed by atoms with Crippen molar-refractivity contribution >= 4 is 5.69 Å². The van der Waals surface area contributed by atoms with E-state index in [1.54, 1.807) is 0 Å². The Hall–Kier alpha value is -4.61. The molecule has 0 heterocycles. The Morgan fingerprint density at radius 1 is 0.500 bits per heavy atom. The SMILES string of the molecule is N#CCCC(Nc1ccccc1)(c1ccc(-c2ccccc2)cc1)c1ccc(-c2ccccc2)cc1. The lowest BCUT2D eigenvalue weighted by Crippen LogP contribution is -2.36. The second-order valence-corrected chi connectivity index (χ2v) is 8.94. The van der Waals surface area contributed by atoms with E-state index in [0.717, 1.165) is 16.8 Å². The predicted molar refractivity (Wildman–Crippen MR) is 149 cm³/mol. The summed E-state index contributed by atoms with van der Waals surface area (Å²) < 4.78 is 0. The Labute approximate surface area is 213 Å². The van der Waals surface area contributed by atoms with Crippen molar-refractivity contribution in [2.24, 2.45) is 0 Å². The molecule has 2 heteroatoms. The minimum atomic E-state index is -0.554. The lowest BCUT2D eigenvalue weighted by molar-refractivity contribution is 0.544. The summed E-state index contributed by atoms with van der Waals surface area (Å²) in [5.74, 6) is 0. The fourth-order valence-corrected chi connectivity index (χ4v) is 4.83. The second-order valence-electron chi connectivity index (χ2n) is 8.94. The third-order valence-electron chi connectivity index (χ3n) is 6.71. The van der Waals surface area contributed by atoms with Crippen LogP contribution in [0.15, 0.2) is 140 Å². The standard InChI is InChI=1S/C34H28N2/c35-26-10-25-34(36-33-15-8-3-9-16-33,31-21-17-29(18-22-31)27-11-4-1-5-12-27)32-23-19-30(20-24-32)28-13-6-2-7-14-28/h1-9,11-24,36H,10,25H2. The molecule has 0 radical (unpaired) electrons. The molecule has 5 aromatic rings. The van der Waals surface area contributed by atoms with Crippen LogP contribution in [0.3, 0.4) is 0 Å². The molecule has 5 aromatic carbocycles. The van der Waals surface area contributed by atoms with Crippen LogP contribution in [0.5, 0.6) is 0 Å². The van der Waals surface area contributed by atoms with Crippen LogP contribution in [0.4, 0.5) is 5.69 Å². The highest BCUT2D eigenvalue weighted by molar-refractivity contribution is 5.66. The van der Waals surface area contributed by atoms with Crippen molar-refractivity contribution in [3.63, 3.8) is 0 Å². The molecule has 0 saturated heterocycles. The van der Waals surface area contributed by atoms with E-state index in [4.69, 9.17) is 0 Å². The van der Waals surface area contributed by atoms with Gasteiger partial charge in [0.05, 0.1) is 11.6 Å². The molecule has 2 nitrogen and oxygen atoms in total. The van der Waals surface area contributed by atoms with Gasteiger partial charge in [-0.2, -0.15) is 5.26 Å². The van der Waals surface area contributed by atoms with Gasteiger partial charge >= 0.3 is 0 Å². The summed E-state index contributed by atoms with van der Waals surface area (Å²) in [5, 5.41) is 13.4.